The molecule has 0 saturated carbocycles. The van der Waals surface area contributed by atoms with Crippen LogP contribution in [0.15, 0.2) is 114 Å². The van der Waals surface area contributed by atoms with Gasteiger partial charge in [0.2, 0.25) is 0 Å². The van der Waals surface area contributed by atoms with E-state index >= 15 is 0 Å². The molecule has 0 aliphatic carbocycles. The second-order valence-electron chi connectivity index (χ2n) is 6.83. The van der Waals surface area contributed by atoms with Gasteiger partial charge < -0.3 is 5.11 Å². The van der Waals surface area contributed by atoms with Crippen LogP contribution in [0.5, 0.6) is 0 Å². The van der Waals surface area contributed by atoms with Gasteiger partial charge in [-0.2, -0.15) is 0 Å². The number of halogens is 1. The van der Waals surface area contributed by atoms with Gasteiger partial charge in [0, 0.05) is 4.90 Å². The Labute approximate surface area is 179 Å². The van der Waals surface area contributed by atoms with Crippen LogP contribution in [0.2, 0.25) is 0 Å². The van der Waals surface area contributed by atoms with E-state index in [2.05, 4.69) is 0 Å². The van der Waals surface area contributed by atoms with E-state index in [4.69, 9.17) is 0 Å². The number of carbonyl (C=O) groups is 1. The monoisotopic (exact) mass is 414 g/mol. The Hall–Kier alpha value is -3.37. The van der Waals surface area contributed by atoms with Crippen LogP contribution in [-0.2, 0) is 4.75 Å². The smallest absolute Gasteiger partial charge is 0.336 e. The maximum atomic E-state index is 13.8. The molecule has 0 heterocycles. The molecule has 0 aromatic heterocycles. The van der Waals surface area contributed by atoms with Crippen molar-refractivity contribution in [3.8, 4) is 0 Å². The first-order chi connectivity index (χ1) is 14.6. The molecule has 1 N–H and O–H groups in total. The lowest BCUT2D eigenvalue weighted by molar-refractivity contribution is 0.0692. The van der Waals surface area contributed by atoms with Crippen LogP contribution in [-0.4, -0.2) is 11.1 Å². The van der Waals surface area contributed by atoms with Crippen molar-refractivity contribution >= 4 is 17.7 Å². The summed E-state index contributed by atoms with van der Waals surface area (Å²) in [6.45, 7) is 0. The number of carboxylic acid groups (broad SMARTS) is 1. The number of rotatable bonds is 6. The second kappa shape index (κ2) is 8.56. The van der Waals surface area contributed by atoms with E-state index in [-0.39, 0.29) is 5.56 Å². The predicted molar refractivity (Wildman–Crippen MR) is 118 cm³/mol. The molecule has 0 radical (unpaired) electrons. The molecule has 0 unspecified atom stereocenters. The van der Waals surface area contributed by atoms with Gasteiger partial charge in [-0.15, -0.1) is 11.8 Å². The van der Waals surface area contributed by atoms with Crippen molar-refractivity contribution in [2.24, 2.45) is 0 Å². The molecule has 0 saturated heterocycles. The first kappa shape index (κ1) is 19.9. The lowest BCUT2D eigenvalue weighted by Gasteiger charge is -2.35. The third-order valence-electron chi connectivity index (χ3n) is 4.98. The van der Waals surface area contributed by atoms with Crippen molar-refractivity contribution in [2.75, 3.05) is 0 Å². The number of carboxylic acids is 1. The zero-order valence-electron chi connectivity index (χ0n) is 16.0. The number of hydrogen-bond donors (Lipinski definition) is 1. The summed E-state index contributed by atoms with van der Waals surface area (Å²) in [5.74, 6) is -1.72. The summed E-state index contributed by atoms with van der Waals surface area (Å²) in [6.07, 6.45) is 0. The summed E-state index contributed by atoms with van der Waals surface area (Å²) in [5, 5.41) is 9.72. The Morgan fingerprint density at radius 1 is 0.700 bits per heavy atom. The van der Waals surface area contributed by atoms with Gasteiger partial charge in [-0.25, -0.2) is 9.18 Å². The maximum absolute atomic E-state index is 13.8. The highest BCUT2D eigenvalue weighted by molar-refractivity contribution is 8.00. The fraction of sp³-hybridized carbons (Fsp3) is 0.0385. The van der Waals surface area contributed by atoms with Crippen molar-refractivity contribution in [3.05, 3.63) is 137 Å². The third kappa shape index (κ3) is 3.74. The van der Waals surface area contributed by atoms with Crippen LogP contribution >= 0.6 is 11.8 Å². The van der Waals surface area contributed by atoms with Crippen LogP contribution in [0.1, 0.15) is 27.0 Å². The van der Waals surface area contributed by atoms with Crippen LogP contribution in [0.4, 0.5) is 4.39 Å². The minimum atomic E-state index is -1.15. The van der Waals surface area contributed by atoms with Crippen molar-refractivity contribution < 1.29 is 14.3 Å². The van der Waals surface area contributed by atoms with Crippen LogP contribution in [0.25, 0.3) is 0 Å². The van der Waals surface area contributed by atoms with Crippen molar-refractivity contribution in [1.29, 1.82) is 0 Å². The normalized spacial score (nSPS) is 11.2. The van der Waals surface area contributed by atoms with Gasteiger partial charge in [0.1, 0.15) is 5.82 Å². The van der Waals surface area contributed by atoms with Gasteiger partial charge in [-0.3, -0.25) is 0 Å². The lowest BCUT2D eigenvalue weighted by Crippen LogP contribution is -2.26. The maximum Gasteiger partial charge on any atom is 0.336 e. The largest absolute Gasteiger partial charge is 0.478 e. The number of hydrogen-bond acceptors (Lipinski definition) is 2. The molecule has 4 rings (SSSR count). The summed E-state index contributed by atoms with van der Waals surface area (Å²) >= 11 is 1.41. The summed E-state index contributed by atoms with van der Waals surface area (Å²) in [7, 11) is 0. The van der Waals surface area contributed by atoms with Gasteiger partial charge in [0.15, 0.2) is 0 Å². The van der Waals surface area contributed by atoms with E-state index in [1.54, 1.807) is 6.07 Å². The molecule has 30 heavy (non-hydrogen) atoms. The predicted octanol–water partition coefficient (Wildman–Crippen LogP) is 6.61. The highest BCUT2D eigenvalue weighted by atomic mass is 32.2. The molecule has 148 valence electrons. The average molecular weight is 415 g/mol. The summed E-state index contributed by atoms with van der Waals surface area (Å²) in [5.41, 5.74) is 2.97. The van der Waals surface area contributed by atoms with Gasteiger partial charge in [0.25, 0.3) is 0 Å². The van der Waals surface area contributed by atoms with Gasteiger partial charge in [0.05, 0.1) is 10.3 Å². The van der Waals surface area contributed by atoms with Crippen molar-refractivity contribution in [1.82, 2.24) is 0 Å². The molecule has 4 heteroatoms. The van der Waals surface area contributed by atoms with E-state index in [0.29, 0.717) is 4.90 Å². The average Bonchev–Trinajstić information content (AvgIpc) is 2.80. The quantitative estimate of drug-likeness (QED) is 0.285. The first-order valence-corrected chi connectivity index (χ1v) is 10.3. The lowest BCUT2D eigenvalue weighted by atomic mass is 9.84. The summed E-state index contributed by atoms with van der Waals surface area (Å²) in [4.78, 5) is 12.4. The Bertz CT molecular complexity index is 1050. The first-order valence-electron chi connectivity index (χ1n) is 9.50. The van der Waals surface area contributed by atoms with E-state index in [1.807, 2.05) is 91.0 Å². The molecule has 0 aliphatic heterocycles. The van der Waals surface area contributed by atoms with E-state index in [1.165, 1.54) is 17.8 Å². The van der Waals surface area contributed by atoms with E-state index in [0.717, 1.165) is 22.8 Å². The van der Waals surface area contributed by atoms with Gasteiger partial charge in [-0.05, 0) is 34.9 Å². The molecule has 0 aliphatic rings. The van der Waals surface area contributed by atoms with Gasteiger partial charge in [-0.1, -0.05) is 91.0 Å². The SMILES string of the molecule is O=C(O)c1cc(F)ccc1SC(c1ccccc1)(c1ccccc1)c1ccccc1. The van der Waals surface area contributed by atoms with Crippen molar-refractivity contribution in [2.45, 2.75) is 9.64 Å². The van der Waals surface area contributed by atoms with Gasteiger partial charge >= 0.3 is 5.97 Å². The molecule has 2 nitrogen and oxygen atoms in total. The van der Waals surface area contributed by atoms with E-state index in [9.17, 15) is 14.3 Å². The topological polar surface area (TPSA) is 37.3 Å². The fourth-order valence-corrected chi connectivity index (χ4v) is 5.10. The standard InChI is InChI=1S/C26H19FO2S/c27-22-16-17-24(23(18-22)25(28)29)30-26(19-10-4-1-5-11-19,20-12-6-2-7-13-20)21-14-8-3-9-15-21/h1-18H,(H,28,29). The summed E-state index contributed by atoms with van der Waals surface area (Å²) < 4.78 is 13.1. The van der Waals surface area contributed by atoms with Crippen LogP contribution in [0, 0.1) is 5.82 Å². The summed E-state index contributed by atoms with van der Waals surface area (Å²) in [6, 6.07) is 33.9. The highest BCUT2D eigenvalue weighted by Gasteiger charge is 2.38. The van der Waals surface area contributed by atoms with E-state index < -0.39 is 16.5 Å². The Balaban J connectivity index is 2.03. The molecular weight excluding hydrogens is 395 g/mol. The molecule has 4 aromatic rings. The second-order valence-corrected chi connectivity index (χ2v) is 8.08. The molecule has 0 bridgehead atoms. The van der Waals surface area contributed by atoms with Crippen molar-refractivity contribution in [3.63, 3.8) is 0 Å². The zero-order chi connectivity index (χ0) is 21.0. The minimum Gasteiger partial charge on any atom is -0.478 e. The Kier molecular flexibility index (Phi) is 5.68. The number of thioether (sulfide) groups is 1. The number of aromatic carboxylic acids is 1. The molecule has 4 aromatic carbocycles. The molecule has 0 fully saturated rings. The zero-order valence-corrected chi connectivity index (χ0v) is 16.9. The minimum absolute atomic E-state index is 0.0489. The highest BCUT2D eigenvalue weighted by Crippen LogP contribution is 2.52. The Morgan fingerprint density at radius 2 is 1.13 bits per heavy atom. The molecular formula is C26H19FO2S. The Morgan fingerprint density at radius 3 is 1.53 bits per heavy atom. The van der Waals surface area contributed by atoms with Crippen LogP contribution < -0.4 is 0 Å². The molecule has 0 spiro atoms. The third-order valence-corrected chi connectivity index (χ3v) is 6.57. The number of benzene rings is 4. The molecule has 0 amide bonds. The molecule has 0 atom stereocenters. The fourth-order valence-electron chi connectivity index (χ4n) is 3.62. The van der Waals surface area contributed by atoms with Crippen LogP contribution in [0.3, 0.4) is 0 Å².